The van der Waals surface area contributed by atoms with Crippen LogP contribution in [0.15, 0.2) is 41.7 Å². The summed E-state index contributed by atoms with van der Waals surface area (Å²) in [5, 5.41) is 9.84. The smallest absolute Gasteiger partial charge is 0.169 e. The van der Waals surface area contributed by atoms with E-state index < -0.39 is 0 Å². The van der Waals surface area contributed by atoms with E-state index in [1.807, 2.05) is 31.3 Å². The van der Waals surface area contributed by atoms with Crippen molar-refractivity contribution in [2.24, 2.45) is 0 Å². The number of hydrogen-bond donors (Lipinski definition) is 0. The van der Waals surface area contributed by atoms with E-state index in [2.05, 4.69) is 27.8 Å². The molecule has 1 saturated heterocycles. The van der Waals surface area contributed by atoms with Crippen LogP contribution in [0.2, 0.25) is 0 Å². The normalized spacial score (nSPS) is 19.0. The highest BCUT2D eigenvalue weighted by Crippen LogP contribution is 2.29. The fraction of sp³-hybridized carbons (Fsp3) is 0.412. The minimum Gasteiger partial charge on any atom is -0.376 e. The third-order valence-corrected chi connectivity index (χ3v) is 4.76. The molecule has 0 aliphatic carbocycles. The van der Waals surface area contributed by atoms with E-state index in [0.29, 0.717) is 0 Å². The van der Waals surface area contributed by atoms with Gasteiger partial charge in [0.05, 0.1) is 35.9 Å². The molecule has 3 rings (SSSR count). The van der Waals surface area contributed by atoms with Gasteiger partial charge in [0.25, 0.3) is 0 Å². The predicted molar refractivity (Wildman–Crippen MR) is 87.6 cm³/mol. The van der Waals surface area contributed by atoms with Gasteiger partial charge in [-0.15, -0.1) is 0 Å². The largest absolute Gasteiger partial charge is 0.376 e. The lowest BCUT2D eigenvalue weighted by atomic mass is 10.1. The lowest BCUT2D eigenvalue weighted by Crippen LogP contribution is -2.17. The van der Waals surface area contributed by atoms with Gasteiger partial charge < -0.3 is 9.30 Å². The van der Waals surface area contributed by atoms with Crippen LogP contribution in [-0.4, -0.2) is 27.5 Å². The molecule has 1 aliphatic rings. The number of rotatable bonds is 5. The Bertz CT molecular complexity index is 656. The van der Waals surface area contributed by atoms with E-state index in [-0.39, 0.29) is 11.4 Å². The first-order valence-corrected chi connectivity index (χ1v) is 8.44. The molecule has 2 atom stereocenters. The Hall–Kier alpha value is -1.77. The van der Waals surface area contributed by atoms with Gasteiger partial charge in [0, 0.05) is 6.61 Å². The maximum absolute atomic E-state index is 9.06. The molecular formula is C17H19N3OS. The third-order valence-electron chi connectivity index (χ3n) is 3.76. The average Bonchev–Trinajstić information content (AvgIpc) is 3.19. The molecule has 5 heteroatoms. The van der Waals surface area contributed by atoms with Crippen molar-refractivity contribution >= 4 is 11.8 Å². The number of hydrogen-bond acceptors (Lipinski definition) is 4. The Morgan fingerprint density at radius 2 is 2.27 bits per heavy atom. The second kappa shape index (κ2) is 6.99. The molecule has 0 spiro atoms. The molecular weight excluding hydrogens is 294 g/mol. The highest BCUT2D eigenvalue weighted by molar-refractivity contribution is 8.00. The molecule has 0 saturated carbocycles. The summed E-state index contributed by atoms with van der Waals surface area (Å²) >= 11 is 1.50. The van der Waals surface area contributed by atoms with Crippen molar-refractivity contribution < 1.29 is 4.74 Å². The molecule has 2 aromatic rings. The quantitative estimate of drug-likeness (QED) is 0.789. The van der Waals surface area contributed by atoms with Crippen LogP contribution in [0, 0.1) is 11.3 Å². The fourth-order valence-electron chi connectivity index (χ4n) is 2.64. The second-order valence-corrected chi connectivity index (χ2v) is 6.73. The van der Waals surface area contributed by atoms with Crippen LogP contribution < -0.4 is 0 Å². The molecule has 4 nitrogen and oxygen atoms in total. The van der Waals surface area contributed by atoms with Crippen LogP contribution in [-0.2, 0) is 11.3 Å². The summed E-state index contributed by atoms with van der Waals surface area (Å²) in [5.41, 5.74) is 2.23. The van der Waals surface area contributed by atoms with E-state index in [1.165, 1.54) is 11.8 Å². The molecule has 1 aromatic heterocycles. The lowest BCUT2D eigenvalue weighted by molar-refractivity contribution is 0.0954. The Morgan fingerprint density at radius 3 is 2.95 bits per heavy atom. The van der Waals surface area contributed by atoms with Gasteiger partial charge in [-0.2, -0.15) is 5.26 Å². The summed E-state index contributed by atoms with van der Waals surface area (Å²) in [4.78, 5) is 4.54. The van der Waals surface area contributed by atoms with Crippen LogP contribution in [0.5, 0.6) is 0 Å². The highest BCUT2D eigenvalue weighted by Gasteiger charge is 2.21. The molecule has 0 amide bonds. The van der Waals surface area contributed by atoms with Crippen molar-refractivity contribution in [3.05, 3.63) is 36.5 Å². The van der Waals surface area contributed by atoms with Crippen molar-refractivity contribution in [1.82, 2.24) is 9.55 Å². The molecule has 0 radical (unpaired) electrons. The van der Waals surface area contributed by atoms with Gasteiger partial charge in [-0.25, -0.2) is 4.98 Å². The first-order valence-electron chi connectivity index (χ1n) is 7.56. The number of aromatic nitrogens is 2. The van der Waals surface area contributed by atoms with Crippen molar-refractivity contribution in [1.29, 1.82) is 5.26 Å². The van der Waals surface area contributed by atoms with Crippen LogP contribution >= 0.6 is 11.8 Å². The van der Waals surface area contributed by atoms with Crippen LogP contribution in [0.4, 0.5) is 0 Å². The summed E-state index contributed by atoms with van der Waals surface area (Å²) in [6.07, 6.45) is 4.35. The number of ether oxygens (including phenoxy) is 1. The van der Waals surface area contributed by atoms with E-state index in [9.17, 15) is 0 Å². The maximum atomic E-state index is 9.06. The van der Waals surface area contributed by atoms with Gasteiger partial charge in [0.2, 0.25) is 0 Å². The molecule has 0 N–H and O–H groups in total. The number of nitrogens with zero attached hydrogens (tertiary/aromatic N) is 3. The second-order valence-electron chi connectivity index (χ2n) is 5.43. The van der Waals surface area contributed by atoms with E-state index in [0.717, 1.165) is 42.4 Å². The molecule has 1 fully saturated rings. The van der Waals surface area contributed by atoms with Crippen molar-refractivity contribution in [2.45, 2.75) is 42.8 Å². The lowest BCUT2D eigenvalue weighted by Gasteiger charge is -2.16. The zero-order chi connectivity index (χ0) is 15.4. The van der Waals surface area contributed by atoms with E-state index in [1.54, 1.807) is 0 Å². The Morgan fingerprint density at radius 1 is 1.45 bits per heavy atom. The van der Waals surface area contributed by atoms with Gasteiger partial charge in [-0.05, 0) is 25.3 Å². The highest BCUT2D eigenvalue weighted by atomic mass is 32.2. The predicted octanol–water partition coefficient (Wildman–Crippen LogP) is 3.73. The maximum Gasteiger partial charge on any atom is 0.169 e. The first-order chi connectivity index (χ1) is 10.8. The summed E-state index contributed by atoms with van der Waals surface area (Å²) in [6, 6.07) is 12.5. The van der Waals surface area contributed by atoms with Crippen LogP contribution in [0.25, 0.3) is 11.3 Å². The zero-order valence-corrected chi connectivity index (χ0v) is 13.4. The van der Waals surface area contributed by atoms with Gasteiger partial charge >= 0.3 is 0 Å². The molecule has 2 heterocycles. The monoisotopic (exact) mass is 313 g/mol. The minimum atomic E-state index is -0.116. The van der Waals surface area contributed by atoms with Gasteiger partial charge in [0.1, 0.15) is 0 Å². The Labute approximate surface area is 135 Å². The summed E-state index contributed by atoms with van der Waals surface area (Å²) in [6.45, 7) is 3.54. The average molecular weight is 313 g/mol. The molecule has 0 bridgehead atoms. The van der Waals surface area contributed by atoms with Crippen molar-refractivity contribution in [3.63, 3.8) is 0 Å². The van der Waals surface area contributed by atoms with Gasteiger partial charge in [0.15, 0.2) is 5.16 Å². The number of benzene rings is 1. The fourth-order valence-corrected chi connectivity index (χ4v) is 3.43. The first kappa shape index (κ1) is 15.1. The molecule has 1 aromatic carbocycles. The van der Waals surface area contributed by atoms with Crippen molar-refractivity contribution in [2.75, 3.05) is 6.61 Å². The molecule has 114 valence electrons. The number of imidazole rings is 1. The Kier molecular flexibility index (Phi) is 4.81. The Balaban J connectivity index is 1.93. The molecule has 22 heavy (non-hydrogen) atoms. The van der Waals surface area contributed by atoms with E-state index >= 15 is 0 Å². The SMILES string of the molecule is CC(C#N)Sc1ncc(-c2ccccc2)n1CC1CCCO1. The van der Waals surface area contributed by atoms with Crippen LogP contribution in [0.3, 0.4) is 0 Å². The third kappa shape index (κ3) is 3.34. The van der Waals surface area contributed by atoms with Gasteiger partial charge in [-0.1, -0.05) is 42.1 Å². The zero-order valence-electron chi connectivity index (χ0n) is 12.6. The number of thioether (sulfide) groups is 1. The summed E-state index contributed by atoms with van der Waals surface area (Å²) < 4.78 is 7.98. The van der Waals surface area contributed by atoms with Gasteiger partial charge in [-0.3, -0.25) is 0 Å². The van der Waals surface area contributed by atoms with E-state index in [4.69, 9.17) is 10.00 Å². The molecule has 2 unspecified atom stereocenters. The number of nitriles is 1. The standard InChI is InChI=1S/C17H19N3OS/c1-13(10-18)22-17-19-11-16(14-6-3-2-4-7-14)20(17)12-15-8-5-9-21-15/h2-4,6-7,11,13,15H,5,8-9,12H2,1H3. The summed E-state index contributed by atoms with van der Waals surface area (Å²) in [7, 11) is 0. The summed E-state index contributed by atoms with van der Waals surface area (Å²) in [5.74, 6) is 0. The van der Waals surface area contributed by atoms with Crippen molar-refractivity contribution in [3.8, 4) is 17.3 Å². The minimum absolute atomic E-state index is 0.116. The van der Waals surface area contributed by atoms with Crippen LogP contribution in [0.1, 0.15) is 19.8 Å². The topological polar surface area (TPSA) is 50.8 Å². The molecule has 1 aliphatic heterocycles.